The molecule has 2 heterocycles. The summed E-state index contributed by atoms with van der Waals surface area (Å²) in [7, 11) is 0. The normalized spacial score (nSPS) is 10.4. The van der Waals surface area contributed by atoms with Crippen LogP contribution in [0.5, 0.6) is 0 Å². The third kappa shape index (κ3) is 5.04. The quantitative estimate of drug-likeness (QED) is 0.679. The molecule has 0 aliphatic carbocycles. The maximum Gasteiger partial charge on any atom is 0.276 e. The van der Waals surface area contributed by atoms with Crippen LogP contribution in [0.15, 0.2) is 60.7 Å². The smallest absolute Gasteiger partial charge is 0.276 e. The Labute approximate surface area is 170 Å². The number of pyridine rings is 2. The highest BCUT2D eigenvalue weighted by Crippen LogP contribution is 2.22. The van der Waals surface area contributed by atoms with Gasteiger partial charge in [0.05, 0.1) is 0 Å². The number of amides is 2. The SMILES string of the molecule is CCCN(C(=O)c1cccc(C)n1)c1cccc(NC(=O)c2cccc(C)n2)c1. The summed E-state index contributed by atoms with van der Waals surface area (Å²) in [5.74, 6) is -0.459. The van der Waals surface area contributed by atoms with Gasteiger partial charge in [-0.05, 0) is 62.7 Å². The number of aromatic nitrogens is 2. The molecule has 6 heteroatoms. The summed E-state index contributed by atoms with van der Waals surface area (Å²) in [6.07, 6.45) is 0.793. The summed E-state index contributed by atoms with van der Waals surface area (Å²) in [4.78, 5) is 35.8. The number of carbonyl (C=O) groups excluding carboxylic acids is 2. The van der Waals surface area contributed by atoms with E-state index in [4.69, 9.17) is 0 Å². The van der Waals surface area contributed by atoms with Crippen molar-refractivity contribution in [3.8, 4) is 0 Å². The van der Waals surface area contributed by atoms with Crippen LogP contribution in [0.4, 0.5) is 11.4 Å². The molecule has 2 aromatic heterocycles. The van der Waals surface area contributed by atoms with E-state index < -0.39 is 0 Å². The topological polar surface area (TPSA) is 75.2 Å². The summed E-state index contributed by atoms with van der Waals surface area (Å²) in [5, 5.41) is 2.86. The Balaban J connectivity index is 1.85. The van der Waals surface area contributed by atoms with E-state index in [2.05, 4.69) is 15.3 Å². The summed E-state index contributed by atoms with van der Waals surface area (Å²) >= 11 is 0. The lowest BCUT2D eigenvalue weighted by molar-refractivity contribution is 0.0980. The average molecular weight is 388 g/mol. The van der Waals surface area contributed by atoms with Crippen LogP contribution in [0.3, 0.4) is 0 Å². The van der Waals surface area contributed by atoms with Crippen LogP contribution in [0.1, 0.15) is 45.7 Å². The molecule has 0 aliphatic rings. The van der Waals surface area contributed by atoms with E-state index in [9.17, 15) is 9.59 Å². The van der Waals surface area contributed by atoms with Gasteiger partial charge in [-0.15, -0.1) is 0 Å². The number of rotatable bonds is 6. The standard InChI is InChI=1S/C23H24N4O2/c1-4-14-27(23(29)21-13-6-9-17(3)25-21)19-11-7-10-18(15-19)26-22(28)20-12-5-8-16(2)24-20/h5-13,15H,4,14H2,1-3H3,(H,26,28). The molecule has 1 N–H and O–H groups in total. The van der Waals surface area contributed by atoms with Crippen molar-refractivity contribution in [1.82, 2.24) is 9.97 Å². The van der Waals surface area contributed by atoms with E-state index in [-0.39, 0.29) is 11.8 Å². The molecule has 0 spiro atoms. The molecule has 6 nitrogen and oxygen atoms in total. The van der Waals surface area contributed by atoms with Crippen LogP contribution >= 0.6 is 0 Å². The number of hydrogen-bond acceptors (Lipinski definition) is 4. The number of benzene rings is 1. The zero-order valence-corrected chi connectivity index (χ0v) is 16.8. The molecule has 3 aromatic rings. The maximum absolute atomic E-state index is 13.0. The van der Waals surface area contributed by atoms with Crippen molar-refractivity contribution in [3.63, 3.8) is 0 Å². The van der Waals surface area contributed by atoms with Gasteiger partial charge in [-0.25, -0.2) is 9.97 Å². The van der Waals surface area contributed by atoms with Gasteiger partial charge in [-0.1, -0.05) is 25.1 Å². The third-order valence-electron chi connectivity index (χ3n) is 4.34. The van der Waals surface area contributed by atoms with Crippen molar-refractivity contribution < 1.29 is 9.59 Å². The lowest BCUT2D eigenvalue weighted by Gasteiger charge is -2.22. The number of carbonyl (C=O) groups is 2. The number of hydrogen-bond donors (Lipinski definition) is 1. The van der Waals surface area contributed by atoms with Gasteiger partial charge >= 0.3 is 0 Å². The Bertz CT molecular complexity index is 1030. The molecule has 0 saturated carbocycles. The van der Waals surface area contributed by atoms with Crippen LogP contribution < -0.4 is 10.2 Å². The Morgan fingerprint density at radius 3 is 2.17 bits per heavy atom. The Kier molecular flexibility index (Phi) is 6.34. The zero-order chi connectivity index (χ0) is 20.8. The lowest BCUT2D eigenvalue weighted by Crippen LogP contribution is -2.32. The molecular weight excluding hydrogens is 364 g/mol. The molecule has 0 bridgehead atoms. The largest absolute Gasteiger partial charge is 0.321 e. The van der Waals surface area contributed by atoms with Gasteiger partial charge in [0.25, 0.3) is 11.8 Å². The highest BCUT2D eigenvalue weighted by atomic mass is 16.2. The van der Waals surface area contributed by atoms with Gasteiger partial charge in [0.2, 0.25) is 0 Å². The predicted molar refractivity (Wildman–Crippen MR) is 114 cm³/mol. The molecule has 148 valence electrons. The van der Waals surface area contributed by atoms with Gasteiger partial charge in [0.15, 0.2) is 0 Å². The van der Waals surface area contributed by atoms with Crippen molar-refractivity contribution in [2.24, 2.45) is 0 Å². The first kappa shape index (κ1) is 20.2. The van der Waals surface area contributed by atoms with Crippen LogP contribution in [0.2, 0.25) is 0 Å². The lowest BCUT2D eigenvalue weighted by atomic mass is 10.2. The summed E-state index contributed by atoms with van der Waals surface area (Å²) < 4.78 is 0. The van der Waals surface area contributed by atoms with E-state index in [0.29, 0.717) is 29.3 Å². The van der Waals surface area contributed by atoms with E-state index in [1.165, 1.54) is 0 Å². The van der Waals surface area contributed by atoms with Gasteiger partial charge < -0.3 is 10.2 Å². The minimum absolute atomic E-state index is 0.167. The minimum Gasteiger partial charge on any atom is -0.321 e. The summed E-state index contributed by atoms with van der Waals surface area (Å²) in [5.41, 5.74) is 3.62. The second-order valence-electron chi connectivity index (χ2n) is 6.79. The average Bonchev–Trinajstić information content (AvgIpc) is 2.71. The molecule has 3 rings (SSSR count). The van der Waals surface area contributed by atoms with E-state index in [0.717, 1.165) is 17.8 Å². The summed E-state index contributed by atoms with van der Waals surface area (Å²) in [6.45, 7) is 6.26. The van der Waals surface area contributed by atoms with E-state index in [1.54, 1.807) is 35.2 Å². The van der Waals surface area contributed by atoms with Crippen molar-refractivity contribution in [3.05, 3.63) is 83.4 Å². The molecule has 0 radical (unpaired) electrons. The highest BCUT2D eigenvalue weighted by molar-refractivity contribution is 6.06. The molecule has 0 atom stereocenters. The first-order valence-corrected chi connectivity index (χ1v) is 9.58. The Hall–Kier alpha value is -3.54. The van der Waals surface area contributed by atoms with Crippen LogP contribution in [0, 0.1) is 13.8 Å². The van der Waals surface area contributed by atoms with Gasteiger partial charge in [-0.2, -0.15) is 0 Å². The predicted octanol–water partition coefficient (Wildman–Crippen LogP) is 4.40. The molecular formula is C23H24N4O2. The van der Waals surface area contributed by atoms with Crippen molar-refractivity contribution >= 4 is 23.2 Å². The zero-order valence-electron chi connectivity index (χ0n) is 16.8. The fourth-order valence-corrected chi connectivity index (χ4v) is 2.99. The fraction of sp³-hybridized carbons (Fsp3) is 0.217. The molecule has 0 saturated heterocycles. The number of nitrogens with zero attached hydrogens (tertiary/aromatic N) is 3. The number of anilines is 2. The maximum atomic E-state index is 13.0. The van der Waals surface area contributed by atoms with Crippen LogP contribution in [-0.4, -0.2) is 28.3 Å². The first-order chi connectivity index (χ1) is 14.0. The second-order valence-corrected chi connectivity index (χ2v) is 6.79. The Morgan fingerprint density at radius 1 is 0.897 bits per heavy atom. The third-order valence-corrected chi connectivity index (χ3v) is 4.34. The number of aryl methyl sites for hydroxylation is 2. The van der Waals surface area contributed by atoms with Crippen LogP contribution in [0.25, 0.3) is 0 Å². The minimum atomic E-state index is -0.292. The van der Waals surface area contributed by atoms with Gasteiger partial charge in [0.1, 0.15) is 11.4 Å². The molecule has 0 fully saturated rings. The van der Waals surface area contributed by atoms with Gasteiger partial charge in [0, 0.05) is 29.3 Å². The van der Waals surface area contributed by atoms with Crippen molar-refractivity contribution in [1.29, 1.82) is 0 Å². The van der Waals surface area contributed by atoms with Crippen molar-refractivity contribution in [2.75, 3.05) is 16.8 Å². The molecule has 2 amide bonds. The first-order valence-electron chi connectivity index (χ1n) is 9.58. The highest BCUT2D eigenvalue weighted by Gasteiger charge is 2.19. The van der Waals surface area contributed by atoms with Crippen LogP contribution in [-0.2, 0) is 0 Å². The number of nitrogens with one attached hydrogen (secondary N) is 1. The molecule has 0 aliphatic heterocycles. The molecule has 29 heavy (non-hydrogen) atoms. The Morgan fingerprint density at radius 2 is 1.52 bits per heavy atom. The molecule has 0 unspecified atom stereocenters. The van der Waals surface area contributed by atoms with E-state index >= 15 is 0 Å². The molecule has 1 aromatic carbocycles. The van der Waals surface area contributed by atoms with Gasteiger partial charge in [-0.3, -0.25) is 9.59 Å². The van der Waals surface area contributed by atoms with E-state index in [1.807, 2.05) is 51.1 Å². The fourth-order valence-electron chi connectivity index (χ4n) is 2.99. The monoisotopic (exact) mass is 388 g/mol. The summed E-state index contributed by atoms with van der Waals surface area (Å²) in [6, 6.07) is 17.9. The second kappa shape index (κ2) is 9.10. The van der Waals surface area contributed by atoms with Crippen molar-refractivity contribution in [2.45, 2.75) is 27.2 Å².